The number of halogens is 2. The first kappa shape index (κ1) is 16.5. The summed E-state index contributed by atoms with van der Waals surface area (Å²) in [5, 5.41) is 8.73. The fourth-order valence-electron chi connectivity index (χ4n) is 2.40. The Morgan fingerprint density at radius 1 is 1.29 bits per heavy atom. The van der Waals surface area contributed by atoms with E-state index >= 15 is 0 Å². The summed E-state index contributed by atoms with van der Waals surface area (Å²) < 4.78 is 3.09. The molecule has 0 radical (unpaired) electrons. The lowest BCUT2D eigenvalue weighted by atomic mass is 10.0. The molecule has 0 spiro atoms. The largest absolute Gasteiger partial charge is 0.305 e. The summed E-state index contributed by atoms with van der Waals surface area (Å²) in [5.41, 5.74) is 2.23. The molecule has 0 aliphatic carbocycles. The Morgan fingerprint density at radius 3 is 2.71 bits per heavy atom. The van der Waals surface area contributed by atoms with Crippen LogP contribution in [0.2, 0.25) is 5.02 Å². The van der Waals surface area contributed by atoms with Gasteiger partial charge in [-0.25, -0.2) is 0 Å². The van der Waals surface area contributed by atoms with E-state index in [9.17, 15) is 0 Å². The predicted octanol–water partition coefficient (Wildman–Crippen LogP) is 4.80. The zero-order valence-corrected chi connectivity index (χ0v) is 14.8. The van der Waals surface area contributed by atoms with Gasteiger partial charge < -0.3 is 5.32 Å². The van der Waals surface area contributed by atoms with Crippen molar-refractivity contribution in [2.24, 2.45) is 0 Å². The fraction of sp³-hybridized carbons (Fsp3) is 0.438. The number of nitrogens with one attached hydrogen (secondary N) is 1. The molecule has 0 saturated carbocycles. The molecule has 1 aromatic carbocycles. The van der Waals surface area contributed by atoms with E-state index in [4.69, 9.17) is 11.6 Å². The summed E-state index contributed by atoms with van der Waals surface area (Å²) in [6.07, 6.45) is 3.84. The molecule has 1 atom stereocenters. The maximum absolute atomic E-state index is 6.42. The Labute approximate surface area is 139 Å². The van der Waals surface area contributed by atoms with Gasteiger partial charge in [0, 0.05) is 11.0 Å². The third-order valence-electron chi connectivity index (χ3n) is 3.36. The summed E-state index contributed by atoms with van der Waals surface area (Å²) in [7, 11) is 0. The smallest absolute Gasteiger partial charge is 0.0837 e. The fourth-order valence-corrected chi connectivity index (χ4v) is 3.16. The highest BCUT2D eigenvalue weighted by atomic mass is 79.9. The third kappa shape index (κ3) is 3.87. The summed E-state index contributed by atoms with van der Waals surface area (Å²) in [5.74, 6) is 0. The highest BCUT2D eigenvalue weighted by Gasteiger charge is 2.23. The average molecular weight is 371 g/mol. The van der Waals surface area contributed by atoms with Gasteiger partial charge in [-0.05, 0) is 31.0 Å². The van der Waals surface area contributed by atoms with Crippen molar-refractivity contribution in [3.05, 3.63) is 51.2 Å². The topological polar surface area (TPSA) is 29.9 Å². The van der Waals surface area contributed by atoms with Crippen molar-refractivity contribution in [2.75, 3.05) is 6.54 Å². The van der Waals surface area contributed by atoms with E-state index in [1.54, 1.807) is 6.20 Å². The minimum atomic E-state index is 0.0436. The minimum Gasteiger partial charge on any atom is -0.305 e. The Hall–Kier alpha value is -0.840. The Morgan fingerprint density at radius 2 is 2.05 bits per heavy atom. The second-order valence-electron chi connectivity index (χ2n) is 5.01. The van der Waals surface area contributed by atoms with Gasteiger partial charge >= 0.3 is 0 Å². The Bertz CT molecular complexity index is 583. The van der Waals surface area contributed by atoms with Crippen LogP contribution in [0.5, 0.6) is 0 Å². The van der Waals surface area contributed by atoms with Gasteiger partial charge in [0.05, 0.1) is 23.0 Å². The number of rotatable bonds is 7. The monoisotopic (exact) mass is 369 g/mol. The SMILES string of the molecule is CCCNC(c1ccccc1Br)c1c(Cl)cnn1CCC. The Balaban J connectivity index is 2.45. The first-order chi connectivity index (χ1) is 10.2. The van der Waals surface area contributed by atoms with Crippen molar-refractivity contribution in [3.63, 3.8) is 0 Å². The van der Waals surface area contributed by atoms with Crippen LogP contribution in [0.25, 0.3) is 0 Å². The molecule has 0 aliphatic rings. The molecule has 0 aliphatic heterocycles. The van der Waals surface area contributed by atoms with Crippen molar-refractivity contribution in [3.8, 4) is 0 Å². The van der Waals surface area contributed by atoms with Crippen molar-refractivity contribution >= 4 is 27.5 Å². The average Bonchev–Trinajstić information content (AvgIpc) is 2.83. The number of benzene rings is 1. The zero-order valence-electron chi connectivity index (χ0n) is 12.4. The number of nitrogens with zero attached hydrogens (tertiary/aromatic N) is 2. The molecule has 3 nitrogen and oxygen atoms in total. The van der Waals surface area contributed by atoms with Crippen molar-refractivity contribution in [1.82, 2.24) is 15.1 Å². The summed E-state index contributed by atoms with van der Waals surface area (Å²) in [4.78, 5) is 0. The standard InChI is InChI=1S/C16H21BrClN3/c1-3-9-19-15(12-7-5-6-8-13(12)17)16-14(18)11-20-21(16)10-4-2/h5-8,11,15,19H,3-4,9-10H2,1-2H3. The van der Waals surface area contributed by atoms with Gasteiger partial charge in [0.1, 0.15) is 0 Å². The van der Waals surface area contributed by atoms with Crippen LogP contribution in [0.4, 0.5) is 0 Å². The normalized spacial score (nSPS) is 12.6. The van der Waals surface area contributed by atoms with E-state index in [0.29, 0.717) is 5.02 Å². The van der Waals surface area contributed by atoms with Gasteiger partial charge in [-0.15, -0.1) is 0 Å². The zero-order chi connectivity index (χ0) is 15.2. The molecule has 1 heterocycles. The van der Waals surface area contributed by atoms with E-state index in [-0.39, 0.29) is 6.04 Å². The van der Waals surface area contributed by atoms with Gasteiger partial charge in [0.25, 0.3) is 0 Å². The number of hydrogen-bond donors (Lipinski definition) is 1. The lowest BCUT2D eigenvalue weighted by Crippen LogP contribution is -2.26. The summed E-state index contributed by atoms with van der Waals surface area (Å²) in [6.45, 7) is 6.11. The van der Waals surface area contributed by atoms with Crippen LogP contribution in [0, 0.1) is 0 Å². The van der Waals surface area contributed by atoms with Crippen LogP contribution in [-0.4, -0.2) is 16.3 Å². The van der Waals surface area contributed by atoms with Crippen LogP contribution < -0.4 is 5.32 Å². The van der Waals surface area contributed by atoms with Gasteiger partial charge in [-0.3, -0.25) is 4.68 Å². The van der Waals surface area contributed by atoms with E-state index in [1.807, 2.05) is 10.7 Å². The molecule has 0 saturated heterocycles. The molecule has 1 N–H and O–H groups in total. The molecule has 114 valence electrons. The van der Waals surface area contributed by atoms with Gasteiger partial charge in [-0.1, -0.05) is 59.6 Å². The molecule has 2 rings (SSSR count). The molecule has 1 aromatic heterocycles. The van der Waals surface area contributed by atoms with Gasteiger partial charge in [0.15, 0.2) is 0 Å². The summed E-state index contributed by atoms with van der Waals surface area (Å²) >= 11 is 10.1. The molecule has 5 heteroatoms. The summed E-state index contributed by atoms with van der Waals surface area (Å²) in [6, 6.07) is 8.30. The van der Waals surface area contributed by atoms with Crippen molar-refractivity contribution < 1.29 is 0 Å². The maximum Gasteiger partial charge on any atom is 0.0837 e. The van der Waals surface area contributed by atoms with Crippen molar-refractivity contribution in [2.45, 2.75) is 39.3 Å². The second-order valence-corrected chi connectivity index (χ2v) is 6.27. The first-order valence-electron chi connectivity index (χ1n) is 7.38. The van der Waals surface area contributed by atoms with Crippen LogP contribution in [0.3, 0.4) is 0 Å². The number of aromatic nitrogens is 2. The highest BCUT2D eigenvalue weighted by molar-refractivity contribution is 9.10. The highest BCUT2D eigenvalue weighted by Crippen LogP contribution is 2.32. The Kier molecular flexibility index (Phi) is 6.27. The quantitative estimate of drug-likeness (QED) is 0.759. The van der Waals surface area contributed by atoms with Gasteiger partial charge in [-0.2, -0.15) is 5.10 Å². The van der Waals surface area contributed by atoms with Crippen molar-refractivity contribution in [1.29, 1.82) is 0 Å². The molecular formula is C16H21BrClN3. The first-order valence-corrected chi connectivity index (χ1v) is 8.55. The molecular weight excluding hydrogens is 350 g/mol. The number of aryl methyl sites for hydroxylation is 1. The molecule has 0 amide bonds. The molecule has 0 bridgehead atoms. The third-order valence-corrected chi connectivity index (χ3v) is 4.37. The maximum atomic E-state index is 6.42. The van der Waals surface area contributed by atoms with E-state index in [1.165, 1.54) is 5.56 Å². The molecule has 2 aromatic rings. The van der Waals surface area contributed by atoms with Gasteiger partial charge in [0.2, 0.25) is 0 Å². The predicted molar refractivity (Wildman–Crippen MR) is 91.8 cm³/mol. The van der Waals surface area contributed by atoms with E-state index < -0.39 is 0 Å². The molecule has 21 heavy (non-hydrogen) atoms. The second kappa shape index (κ2) is 7.97. The van der Waals surface area contributed by atoms with Crippen LogP contribution in [0.15, 0.2) is 34.9 Å². The number of hydrogen-bond acceptors (Lipinski definition) is 2. The molecule has 0 fully saturated rings. The lowest BCUT2D eigenvalue weighted by molar-refractivity contribution is 0.511. The minimum absolute atomic E-state index is 0.0436. The van der Waals surface area contributed by atoms with Crippen LogP contribution in [0.1, 0.15) is 44.0 Å². The van der Waals surface area contributed by atoms with E-state index in [2.05, 4.69) is 58.4 Å². The van der Waals surface area contributed by atoms with E-state index in [0.717, 1.165) is 36.1 Å². The van der Waals surface area contributed by atoms with Crippen LogP contribution >= 0.6 is 27.5 Å². The van der Waals surface area contributed by atoms with Crippen LogP contribution in [-0.2, 0) is 6.54 Å². The lowest BCUT2D eigenvalue weighted by Gasteiger charge is -2.22. The molecule has 1 unspecified atom stereocenters.